The molecular weight excluding hydrogens is 334 g/mol. The molecule has 0 aromatic heterocycles. The molecule has 2 aromatic rings. The Labute approximate surface area is 151 Å². The Morgan fingerprint density at radius 3 is 2.69 bits per heavy atom. The molecule has 0 unspecified atom stereocenters. The van der Waals surface area contributed by atoms with E-state index in [-0.39, 0.29) is 6.61 Å². The first kappa shape index (κ1) is 17.7. The third kappa shape index (κ3) is 4.47. The van der Waals surface area contributed by atoms with Crippen molar-refractivity contribution in [2.45, 2.75) is 19.3 Å². The summed E-state index contributed by atoms with van der Waals surface area (Å²) in [7, 11) is 0. The number of para-hydroxylation sites is 1. The monoisotopic (exact) mass is 353 g/mol. The lowest BCUT2D eigenvalue weighted by atomic mass is 10.1. The maximum absolute atomic E-state index is 11.9. The second-order valence-corrected chi connectivity index (χ2v) is 5.99. The highest BCUT2D eigenvalue weighted by molar-refractivity contribution is 5.93. The molecule has 0 saturated carbocycles. The minimum absolute atomic E-state index is 0.294. The highest BCUT2D eigenvalue weighted by Crippen LogP contribution is 2.24. The molecule has 0 atom stereocenters. The van der Waals surface area contributed by atoms with Crippen LogP contribution in [0.1, 0.15) is 27.9 Å². The van der Waals surface area contributed by atoms with Crippen LogP contribution >= 0.6 is 0 Å². The second kappa shape index (κ2) is 8.29. The molecule has 0 bridgehead atoms. The van der Waals surface area contributed by atoms with Gasteiger partial charge in [-0.3, -0.25) is 9.59 Å². The van der Waals surface area contributed by atoms with Crippen LogP contribution in [0.15, 0.2) is 42.5 Å². The summed E-state index contributed by atoms with van der Waals surface area (Å²) in [6.45, 7) is -0.772. The Bertz CT molecular complexity index is 831. The van der Waals surface area contributed by atoms with Gasteiger partial charge in [-0.05, 0) is 54.7 Å². The molecule has 1 N–H and O–H groups in total. The van der Waals surface area contributed by atoms with E-state index in [1.807, 2.05) is 18.2 Å². The van der Waals surface area contributed by atoms with Crippen molar-refractivity contribution in [2.24, 2.45) is 0 Å². The zero-order valence-corrected chi connectivity index (χ0v) is 14.2. The molecule has 0 spiro atoms. The maximum Gasteiger partial charge on any atom is 0.344 e. The van der Waals surface area contributed by atoms with Crippen LogP contribution in [0.3, 0.4) is 0 Å². The van der Waals surface area contributed by atoms with E-state index in [0.29, 0.717) is 23.3 Å². The van der Waals surface area contributed by atoms with Gasteiger partial charge in [-0.1, -0.05) is 18.2 Å². The van der Waals surface area contributed by atoms with E-state index in [2.05, 4.69) is 5.32 Å². The van der Waals surface area contributed by atoms with Crippen molar-refractivity contribution in [1.29, 1.82) is 0 Å². The number of carbonyl (C=O) groups is 3. The first-order valence-corrected chi connectivity index (χ1v) is 8.40. The van der Waals surface area contributed by atoms with Crippen LogP contribution < -0.4 is 10.1 Å². The lowest BCUT2D eigenvalue weighted by Crippen LogP contribution is -2.23. The Morgan fingerprint density at radius 2 is 1.85 bits per heavy atom. The van der Waals surface area contributed by atoms with Crippen LogP contribution in [-0.4, -0.2) is 31.4 Å². The fraction of sp³-hybridized carbons (Fsp3) is 0.250. The average Bonchev–Trinajstić information content (AvgIpc) is 3.12. The molecule has 0 heterocycles. The number of anilines is 1. The fourth-order valence-corrected chi connectivity index (χ4v) is 2.88. The summed E-state index contributed by atoms with van der Waals surface area (Å²) in [6, 6.07) is 12.4. The van der Waals surface area contributed by atoms with Crippen LogP contribution in [0.5, 0.6) is 5.75 Å². The van der Waals surface area contributed by atoms with E-state index in [0.717, 1.165) is 19.3 Å². The fourth-order valence-electron chi connectivity index (χ4n) is 2.88. The van der Waals surface area contributed by atoms with E-state index < -0.39 is 18.5 Å². The molecule has 0 aliphatic heterocycles. The second-order valence-electron chi connectivity index (χ2n) is 5.99. The van der Waals surface area contributed by atoms with Gasteiger partial charge >= 0.3 is 5.97 Å². The Morgan fingerprint density at radius 1 is 1.04 bits per heavy atom. The van der Waals surface area contributed by atoms with Crippen LogP contribution in [0, 0.1) is 0 Å². The molecule has 1 amide bonds. The summed E-state index contributed by atoms with van der Waals surface area (Å²) < 4.78 is 10.2. The van der Waals surface area contributed by atoms with Crippen molar-refractivity contribution < 1.29 is 23.9 Å². The van der Waals surface area contributed by atoms with E-state index in [1.165, 1.54) is 11.1 Å². The summed E-state index contributed by atoms with van der Waals surface area (Å²) in [5.74, 6) is -0.804. The SMILES string of the molecule is O=Cc1ccccc1OCC(=O)OCC(=O)Nc1ccc2c(c1)CCC2. The molecular formula is C20H19NO5. The number of esters is 1. The van der Waals surface area contributed by atoms with Gasteiger partial charge in [0.1, 0.15) is 5.75 Å². The van der Waals surface area contributed by atoms with Crippen LogP contribution in [0.2, 0.25) is 0 Å². The van der Waals surface area contributed by atoms with Crippen LogP contribution in [0.25, 0.3) is 0 Å². The molecule has 6 heteroatoms. The predicted molar refractivity (Wildman–Crippen MR) is 95.4 cm³/mol. The number of fused-ring (bicyclic) bond motifs is 1. The van der Waals surface area contributed by atoms with Gasteiger partial charge < -0.3 is 14.8 Å². The minimum Gasteiger partial charge on any atom is -0.481 e. The molecule has 0 fully saturated rings. The van der Waals surface area contributed by atoms with Gasteiger partial charge in [0.2, 0.25) is 0 Å². The number of amides is 1. The molecule has 0 saturated heterocycles. The number of benzene rings is 2. The Kier molecular flexibility index (Phi) is 5.63. The van der Waals surface area contributed by atoms with Gasteiger partial charge in [0.25, 0.3) is 5.91 Å². The van der Waals surface area contributed by atoms with Crippen molar-refractivity contribution in [3.05, 3.63) is 59.2 Å². The molecule has 26 heavy (non-hydrogen) atoms. The molecule has 1 aliphatic carbocycles. The summed E-state index contributed by atoms with van der Waals surface area (Å²) >= 11 is 0. The third-order valence-corrected chi connectivity index (χ3v) is 4.14. The van der Waals surface area contributed by atoms with Gasteiger partial charge in [-0.25, -0.2) is 4.79 Å². The predicted octanol–water partition coefficient (Wildman–Crippen LogP) is 2.55. The van der Waals surface area contributed by atoms with E-state index in [9.17, 15) is 14.4 Å². The highest BCUT2D eigenvalue weighted by atomic mass is 16.6. The van der Waals surface area contributed by atoms with E-state index >= 15 is 0 Å². The highest BCUT2D eigenvalue weighted by Gasteiger charge is 2.13. The van der Waals surface area contributed by atoms with Crippen molar-refractivity contribution in [1.82, 2.24) is 0 Å². The lowest BCUT2D eigenvalue weighted by Gasteiger charge is -2.09. The molecule has 3 rings (SSSR count). The van der Waals surface area contributed by atoms with Crippen molar-refractivity contribution in [3.8, 4) is 5.75 Å². The number of ether oxygens (including phenoxy) is 2. The quantitative estimate of drug-likeness (QED) is 0.611. The normalized spacial score (nSPS) is 12.2. The van der Waals surface area contributed by atoms with Crippen LogP contribution in [-0.2, 0) is 27.2 Å². The van der Waals surface area contributed by atoms with Gasteiger partial charge in [-0.15, -0.1) is 0 Å². The van der Waals surface area contributed by atoms with E-state index in [1.54, 1.807) is 24.3 Å². The standard InChI is InChI=1S/C20H19NO5/c22-11-16-4-1-2-7-18(16)25-13-20(24)26-12-19(23)21-17-9-8-14-5-3-6-15(14)10-17/h1-2,4,7-11H,3,5-6,12-13H2,(H,21,23). The van der Waals surface area contributed by atoms with E-state index in [4.69, 9.17) is 9.47 Å². The largest absolute Gasteiger partial charge is 0.481 e. The summed E-state index contributed by atoms with van der Waals surface area (Å²) in [4.78, 5) is 34.5. The summed E-state index contributed by atoms with van der Waals surface area (Å²) in [5.41, 5.74) is 3.61. The van der Waals surface area contributed by atoms with Gasteiger partial charge in [0.15, 0.2) is 19.5 Å². The van der Waals surface area contributed by atoms with Crippen molar-refractivity contribution in [2.75, 3.05) is 18.5 Å². The summed E-state index contributed by atoms with van der Waals surface area (Å²) in [5, 5.41) is 2.72. The molecule has 6 nitrogen and oxygen atoms in total. The number of nitrogens with one attached hydrogen (secondary N) is 1. The minimum atomic E-state index is -0.685. The topological polar surface area (TPSA) is 81.7 Å². The molecule has 134 valence electrons. The van der Waals surface area contributed by atoms with Crippen molar-refractivity contribution >= 4 is 23.9 Å². The Balaban J connectivity index is 1.44. The summed E-state index contributed by atoms with van der Waals surface area (Å²) in [6.07, 6.45) is 3.88. The molecule has 1 aliphatic rings. The third-order valence-electron chi connectivity index (χ3n) is 4.14. The zero-order valence-electron chi connectivity index (χ0n) is 14.2. The average molecular weight is 353 g/mol. The first-order chi connectivity index (χ1) is 12.7. The maximum atomic E-state index is 11.9. The first-order valence-electron chi connectivity index (χ1n) is 8.40. The number of aryl methyl sites for hydroxylation is 2. The number of rotatable bonds is 7. The molecule has 0 radical (unpaired) electrons. The number of hydrogen-bond donors (Lipinski definition) is 1. The van der Waals surface area contributed by atoms with Gasteiger partial charge in [0.05, 0.1) is 5.56 Å². The zero-order chi connectivity index (χ0) is 18.4. The number of aldehydes is 1. The van der Waals surface area contributed by atoms with Gasteiger partial charge in [0, 0.05) is 5.69 Å². The lowest BCUT2D eigenvalue weighted by molar-refractivity contribution is -0.149. The van der Waals surface area contributed by atoms with Gasteiger partial charge in [-0.2, -0.15) is 0 Å². The Hall–Kier alpha value is -3.15. The smallest absolute Gasteiger partial charge is 0.344 e. The number of carbonyl (C=O) groups excluding carboxylic acids is 3. The number of hydrogen-bond acceptors (Lipinski definition) is 5. The molecule has 2 aromatic carbocycles. The van der Waals surface area contributed by atoms with Crippen molar-refractivity contribution in [3.63, 3.8) is 0 Å². The van der Waals surface area contributed by atoms with Crippen LogP contribution in [0.4, 0.5) is 5.69 Å².